The number of rotatable bonds is 4. The van der Waals surface area contributed by atoms with Gasteiger partial charge in [-0.15, -0.1) is 22.7 Å². The number of para-hydroxylation sites is 8. The minimum Gasteiger partial charge on any atom is -0.443 e. The van der Waals surface area contributed by atoms with Crippen LogP contribution >= 0.6 is 22.7 Å². The molecule has 0 saturated heterocycles. The first-order valence-corrected chi connectivity index (χ1v) is 32.4. The SMILES string of the molecule is c1ccc(N2c3ccccc3C3(c4ccccc42)c2cc(-n4c5ccccc5c5ccc6c7ccccc7sc6c54)oc2C2(c4ccccc4N(c4ccccc4)c4ccccc42)c2cc(-n4c5ccccc5c5ccc6c7ccccc7sc6c54)oc23)cc1. The quantitative estimate of drug-likeness (QED) is 0.176. The zero-order valence-electron chi connectivity index (χ0n) is 48.1. The van der Waals surface area contributed by atoms with Crippen molar-refractivity contribution in [3.8, 4) is 11.8 Å². The Morgan fingerprint density at radius 3 is 0.989 bits per heavy atom. The maximum atomic E-state index is 8.48. The van der Waals surface area contributed by atoms with Gasteiger partial charge in [0.2, 0.25) is 11.8 Å². The molecule has 0 bridgehead atoms. The summed E-state index contributed by atoms with van der Waals surface area (Å²) in [7, 11) is 0. The summed E-state index contributed by atoms with van der Waals surface area (Å²) in [5.41, 5.74) is 14.9. The summed E-state index contributed by atoms with van der Waals surface area (Å²) in [5.74, 6) is 3.14. The Balaban J connectivity index is 0.979. The van der Waals surface area contributed by atoms with Gasteiger partial charge in [-0.2, -0.15) is 0 Å². The van der Waals surface area contributed by atoms with E-state index in [1.165, 1.54) is 61.9 Å². The number of aromatic nitrogens is 2. The van der Waals surface area contributed by atoms with Crippen molar-refractivity contribution in [3.63, 3.8) is 0 Å². The zero-order chi connectivity index (χ0) is 58.6. The van der Waals surface area contributed by atoms with Gasteiger partial charge in [-0.1, -0.05) is 206 Å². The predicted molar refractivity (Wildman–Crippen MR) is 372 cm³/mol. The number of anilines is 6. The van der Waals surface area contributed by atoms with E-state index in [4.69, 9.17) is 8.83 Å². The monoisotopic (exact) mass is 1180 g/mol. The molecule has 8 heterocycles. The minimum absolute atomic E-state index is 0.732. The second-order valence-corrected chi connectivity index (χ2v) is 26.2. The number of nitrogens with zero attached hydrogens (tertiary/aromatic N) is 4. The summed E-state index contributed by atoms with van der Waals surface area (Å²) in [6.07, 6.45) is 0. The molecule has 90 heavy (non-hydrogen) atoms. The van der Waals surface area contributed by atoms with E-state index in [0.29, 0.717) is 0 Å². The normalized spacial score (nSPS) is 14.4. The average molecular weight is 1190 g/mol. The lowest BCUT2D eigenvalue weighted by molar-refractivity contribution is 0.388. The molecule has 1 aliphatic carbocycles. The van der Waals surface area contributed by atoms with Crippen LogP contribution in [0.5, 0.6) is 0 Å². The molecule has 0 saturated carbocycles. The first-order chi connectivity index (χ1) is 44.7. The van der Waals surface area contributed by atoms with E-state index in [2.05, 4.69) is 310 Å². The fourth-order valence-corrected chi connectivity index (χ4v) is 19.0. The Kier molecular flexibility index (Phi) is 9.65. The van der Waals surface area contributed by atoms with E-state index in [0.717, 1.165) is 113 Å². The molecule has 0 fully saturated rings. The summed E-state index contributed by atoms with van der Waals surface area (Å²) in [6.45, 7) is 0. The lowest BCUT2D eigenvalue weighted by atomic mass is 9.53. The summed E-state index contributed by atoms with van der Waals surface area (Å²) in [4.78, 5) is 4.90. The van der Waals surface area contributed by atoms with E-state index in [1.807, 2.05) is 22.7 Å². The van der Waals surface area contributed by atoms with E-state index >= 15 is 0 Å². The zero-order valence-corrected chi connectivity index (χ0v) is 49.8. The maximum absolute atomic E-state index is 8.48. The molecule has 0 amide bonds. The van der Waals surface area contributed by atoms with Crippen molar-refractivity contribution in [2.75, 3.05) is 9.80 Å². The van der Waals surface area contributed by atoms with Crippen molar-refractivity contribution in [3.05, 3.63) is 336 Å². The van der Waals surface area contributed by atoms with Crippen LogP contribution < -0.4 is 9.80 Å². The van der Waals surface area contributed by atoms with Crippen molar-refractivity contribution in [1.82, 2.24) is 9.13 Å². The molecule has 0 atom stereocenters. The van der Waals surface area contributed by atoms with E-state index < -0.39 is 10.8 Å². The molecular formula is C82H48N4O2S2. The molecule has 6 nitrogen and oxygen atoms in total. The van der Waals surface area contributed by atoms with Crippen molar-refractivity contribution in [1.29, 1.82) is 0 Å². The van der Waals surface area contributed by atoms with Crippen LogP contribution in [0.3, 0.4) is 0 Å². The van der Waals surface area contributed by atoms with Crippen molar-refractivity contribution in [2.45, 2.75) is 10.8 Å². The Morgan fingerprint density at radius 2 is 0.589 bits per heavy atom. The number of thiophene rings is 2. The van der Waals surface area contributed by atoms with Crippen LogP contribution in [0, 0.1) is 0 Å². The van der Waals surface area contributed by atoms with Crippen LogP contribution in [0.15, 0.2) is 300 Å². The summed E-state index contributed by atoms with van der Waals surface area (Å²) in [6, 6.07) is 107. The van der Waals surface area contributed by atoms with Gasteiger partial charge >= 0.3 is 0 Å². The van der Waals surface area contributed by atoms with Crippen LogP contribution in [-0.4, -0.2) is 9.13 Å². The van der Waals surface area contributed by atoms with E-state index in [-0.39, 0.29) is 0 Å². The standard InChI is InChI=1S/C82H48N4O2S2/c1-3-23-49(24-4-1)83-67-37-17-11-31-59(67)81(60-32-12-18-38-68(60)83)63-47-73(85-65-35-15-7-27-51(65)55-43-45-57-53-29-9-21-41-71(53)89-77(57)75(55)85)88-80(63)82(61-33-13-19-39-69(61)84(50-25-5-2-6-26-50)70-40-20-14-34-62(70)82)64-48-74(87-79(64)81)86-66-36-16-8-28-52(66)56-44-46-58-54-30-10-22-42-72(54)90-78(58)76(56)86/h1-48H. The molecule has 12 aromatic carbocycles. The van der Waals surface area contributed by atoms with Crippen LogP contribution in [0.1, 0.15) is 44.9 Å². The van der Waals surface area contributed by atoms with Gasteiger partial charge in [0.05, 0.1) is 54.2 Å². The maximum Gasteiger partial charge on any atom is 0.205 e. The fourth-order valence-electron chi connectivity index (χ4n) is 16.5. The smallest absolute Gasteiger partial charge is 0.205 e. The number of hydrogen-bond acceptors (Lipinski definition) is 6. The van der Waals surface area contributed by atoms with Crippen molar-refractivity contribution >= 4 is 141 Å². The van der Waals surface area contributed by atoms with E-state index in [1.54, 1.807) is 0 Å². The molecule has 6 aromatic heterocycles. The Bertz CT molecular complexity index is 5580. The molecule has 0 radical (unpaired) electrons. The van der Waals surface area contributed by atoms with Crippen molar-refractivity contribution < 1.29 is 8.83 Å². The molecule has 0 unspecified atom stereocenters. The number of furan rings is 2. The second-order valence-electron chi connectivity index (χ2n) is 24.1. The number of fused-ring (bicyclic) bond motifs is 28. The molecule has 8 heteroatoms. The van der Waals surface area contributed by atoms with Crippen LogP contribution in [-0.2, 0) is 10.8 Å². The molecule has 2 spiro atoms. The van der Waals surface area contributed by atoms with Crippen LogP contribution in [0.4, 0.5) is 34.1 Å². The summed E-state index contributed by atoms with van der Waals surface area (Å²) >= 11 is 3.71. The largest absolute Gasteiger partial charge is 0.443 e. The highest BCUT2D eigenvalue weighted by atomic mass is 32.1. The Labute approximate surface area is 523 Å². The molecular weight excluding hydrogens is 1140 g/mol. The van der Waals surface area contributed by atoms with E-state index in [9.17, 15) is 0 Å². The van der Waals surface area contributed by atoms with Gasteiger partial charge in [0.25, 0.3) is 0 Å². The van der Waals surface area contributed by atoms with Gasteiger partial charge in [0.15, 0.2) is 0 Å². The molecule has 21 rings (SSSR count). The predicted octanol–water partition coefficient (Wildman–Crippen LogP) is 22.4. The van der Waals surface area contributed by atoms with Crippen molar-refractivity contribution in [2.24, 2.45) is 0 Å². The first-order valence-electron chi connectivity index (χ1n) is 30.7. The lowest BCUT2D eigenvalue weighted by Gasteiger charge is -2.51. The Hall–Kier alpha value is -11.2. The topological polar surface area (TPSA) is 42.6 Å². The molecule has 18 aromatic rings. The third-order valence-corrected chi connectivity index (χ3v) is 22.3. The van der Waals surface area contributed by atoms with Gasteiger partial charge in [-0.25, -0.2) is 0 Å². The molecule has 3 aliphatic rings. The number of hydrogen-bond donors (Lipinski definition) is 0. The molecule has 2 aliphatic heterocycles. The van der Waals surface area contributed by atoms with Gasteiger partial charge < -0.3 is 18.6 Å². The third kappa shape index (κ3) is 6.03. The van der Waals surface area contributed by atoms with Gasteiger partial charge in [0.1, 0.15) is 22.4 Å². The third-order valence-electron chi connectivity index (χ3n) is 20.0. The number of benzene rings is 12. The highest BCUT2D eigenvalue weighted by molar-refractivity contribution is 7.27. The average Bonchev–Trinajstić information content (AvgIpc) is 1.27. The fraction of sp³-hybridized carbons (Fsp3) is 0.0244. The molecule has 420 valence electrons. The summed E-state index contributed by atoms with van der Waals surface area (Å²) in [5, 5.41) is 9.65. The Morgan fingerprint density at radius 1 is 0.267 bits per heavy atom. The minimum atomic E-state index is -1.13. The summed E-state index contributed by atoms with van der Waals surface area (Å²) < 4.78 is 26.8. The van der Waals surface area contributed by atoms with Gasteiger partial charge in [0, 0.05) is 87.1 Å². The van der Waals surface area contributed by atoms with Crippen LogP contribution in [0.25, 0.3) is 95.7 Å². The van der Waals surface area contributed by atoms with Crippen LogP contribution in [0.2, 0.25) is 0 Å². The second kappa shape index (κ2) is 17.8. The highest BCUT2D eigenvalue weighted by Gasteiger charge is 2.64. The highest BCUT2D eigenvalue weighted by Crippen LogP contribution is 2.70. The van der Waals surface area contributed by atoms with Gasteiger partial charge in [-0.3, -0.25) is 9.13 Å². The van der Waals surface area contributed by atoms with Gasteiger partial charge in [-0.05, 0) is 95.1 Å². The first kappa shape index (κ1) is 48.9. The lowest BCUT2D eigenvalue weighted by Crippen LogP contribution is -2.48. The molecule has 0 N–H and O–H groups in total.